The molecule has 2 N–H and O–H groups in total. The Kier molecular flexibility index (Phi) is 7.09. The number of methoxy groups -OCH3 is 4. The molecule has 170 valence electrons. The second kappa shape index (κ2) is 9.95. The molecule has 32 heavy (non-hydrogen) atoms. The van der Waals surface area contributed by atoms with Crippen molar-refractivity contribution < 1.29 is 33.3 Å². The van der Waals surface area contributed by atoms with Crippen molar-refractivity contribution in [2.24, 2.45) is 0 Å². The zero-order valence-electron chi connectivity index (χ0n) is 18.6. The van der Waals surface area contributed by atoms with Gasteiger partial charge in [-0.2, -0.15) is 0 Å². The zero-order chi connectivity index (χ0) is 23.3. The molecule has 1 heterocycles. The van der Waals surface area contributed by atoms with Crippen LogP contribution in [-0.4, -0.2) is 40.4 Å². The van der Waals surface area contributed by atoms with Crippen LogP contribution in [0.2, 0.25) is 0 Å². The lowest BCUT2D eigenvalue weighted by Crippen LogP contribution is -2.45. The van der Waals surface area contributed by atoms with Gasteiger partial charge in [-0.3, -0.25) is 0 Å². The highest BCUT2D eigenvalue weighted by Gasteiger charge is 2.35. The number of urea groups is 1. The predicted molar refractivity (Wildman–Crippen MR) is 116 cm³/mol. The fourth-order valence-electron chi connectivity index (χ4n) is 3.42. The third kappa shape index (κ3) is 4.72. The third-order valence-corrected chi connectivity index (χ3v) is 5.06. The number of nitrogens with one attached hydrogen (secondary N) is 2. The summed E-state index contributed by atoms with van der Waals surface area (Å²) in [6.45, 7) is 1.70. The van der Waals surface area contributed by atoms with Crippen molar-refractivity contribution in [2.45, 2.75) is 19.6 Å². The second-order valence-corrected chi connectivity index (χ2v) is 6.94. The van der Waals surface area contributed by atoms with Crippen LogP contribution in [0, 0.1) is 0 Å². The van der Waals surface area contributed by atoms with Gasteiger partial charge in [-0.1, -0.05) is 12.1 Å². The number of hydrogen-bond donors (Lipinski definition) is 2. The van der Waals surface area contributed by atoms with Crippen LogP contribution in [0.1, 0.15) is 24.1 Å². The van der Waals surface area contributed by atoms with Gasteiger partial charge in [0, 0.05) is 17.3 Å². The van der Waals surface area contributed by atoms with Gasteiger partial charge >= 0.3 is 12.0 Å². The first-order chi connectivity index (χ1) is 15.4. The van der Waals surface area contributed by atoms with Crippen molar-refractivity contribution in [2.75, 3.05) is 28.4 Å². The van der Waals surface area contributed by atoms with E-state index in [1.165, 1.54) is 21.3 Å². The molecular formula is C23H26N2O7. The maximum absolute atomic E-state index is 13.1. The molecule has 0 spiro atoms. The first kappa shape index (κ1) is 22.8. The van der Waals surface area contributed by atoms with Crippen molar-refractivity contribution in [1.29, 1.82) is 0 Å². The molecule has 1 aliphatic rings. The van der Waals surface area contributed by atoms with Crippen molar-refractivity contribution >= 4 is 12.0 Å². The average molecular weight is 442 g/mol. The van der Waals surface area contributed by atoms with Crippen LogP contribution in [-0.2, 0) is 16.1 Å². The van der Waals surface area contributed by atoms with Gasteiger partial charge < -0.3 is 34.3 Å². The van der Waals surface area contributed by atoms with Crippen LogP contribution in [0.3, 0.4) is 0 Å². The lowest BCUT2D eigenvalue weighted by atomic mass is 9.94. The number of benzene rings is 2. The van der Waals surface area contributed by atoms with Gasteiger partial charge in [0.1, 0.15) is 18.1 Å². The molecule has 1 atom stereocenters. The van der Waals surface area contributed by atoms with Crippen molar-refractivity contribution in [3.8, 4) is 23.0 Å². The molecule has 0 aliphatic carbocycles. The fourth-order valence-corrected chi connectivity index (χ4v) is 3.42. The highest BCUT2D eigenvalue weighted by Crippen LogP contribution is 2.40. The van der Waals surface area contributed by atoms with Crippen LogP contribution in [0.25, 0.3) is 0 Å². The maximum Gasteiger partial charge on any atom is 0.338 e. The van der Waals surface area contributed by atoms with Crippen LogP contribution in [0.5, 0.6) is 23.0 Å². The van der Waals surface area contributed by atoms with Crippen molar-refractivity contribution in [1.82, 2.24) is 10.6 Å². The summed E-state index contributed by atoms with van der Waals surface area (Å²) in [5.41, 5.74) is 1.96. The molecule has 3 rings (SSSR count). The number of rotatable bonds is 8. The van der Waals surface area contributed by atoms with Gasteiger partial charge in [0.2, 0.25) is 0 Å². The van der Waals surface area contributed by atoms with E-state index in [-0.39, 0.29) is 12.2 Å². The Morgan fingerprint density at radius 2 is 1.53 bits per heavy atom. The summed E-state index contributed by atoms with van der Waals surface area (Å²) < 4.78 is 26.9. The van der Waals surface area contributed by atoms with Crippen LogP contribution >= 0.6 is 0 Å². The quantitative estimate of drug-likeness (QED) is 0.606. The molecular weight excluding hydrogens is 416 g/mol. The number of esters is 1. The summed E-state index contributed by atoms with van der Waals surface area (Å²) in [5, 5.41) is 5.40. The maximum atomic E-state index is 13.1. The molecule has 1 aliphatic heterocycles. The standard InChI is InChI=1S/C23H26N2O7/c1-13-20(22(26)32-12-14-6-8-15(28-2)9-7-14)21(25-23(27)24-13)16-10-18(30-4)19(31-5)11-17(16)29-3/h6-11,21H,12H2,1-5H3,(H2,24,25,27). The van der Waals surface area contributed by atoms with Gasteiger partial charge in [-0.25, -0.2) is 9.59 Å². The molecule has 0 aromatic heterocycles. The summed E-state index contributed by atoms with van der Waals surface area (Å²) in [5.74, 6) is 1.44. The first-order valence-corrected chi connectivity index (χ1v) is 9.80. The molecule has 2 aromatic rings. The minimum atomic E-state index is -0.818. The topological polar surface area (TPSA) is 104 Å². The number of carbonyl (C=O) groups is 2. The molecule has 2 amide bonds. The summed E-state index contributed by atoms with van der Waals surface area (Å²) in [6, 6.07) is 9.22. The normalized spacial score (nSPS) is 15.4. The Morgan fingerprint density at radius 3 is 2.12 bits per heavy atom. The average Bonchev–Trinajstić information content (AvgIpc) is 2.81. The van der Waals surface area contributed by atoms with E-state index >= 15 is 0 Å². The van der Waals surface area contributed by atoms with Gasteiger partial charge in [0.05, 0.1) is 40.1 Å². The van der Waals surface area contributed by atoms with Crippen LogP contribution in [0.4, 0.5) is 4.79 Å². The smallest absolute Gasteiger partial charge is 0.338 e. The molecule has 0 saturated carbocycles. The summed E-state index contributed by atoms with van der Waals surface area (Å²) in [4.78, 5) is 25.3. The van der Waals surface area contributed by atoms with E-state index in [2.05, 4.69) is 10.6 Å². The molecule has 0 fully saturated rings. The van der Waals surface area contributed by atoms with Crippen molar-refractivity contribution in [3.63, 3.8) is 0 Å². The molecule has 0 radical (unpaired) electrons. The Bertz CT molecular complexity index is 1030. The highest BCUT2D eigenvalue weighted by atomic mass is 16.5. The van der Waals surface area contributed by atoms with Crippen LogP contribution < -0.4 is 29.6 Å². The number of hydrogen-bond acceptors (Lipinski definition) is 7. The lowest BCUT2D eigenvalue weighted by Gasteiger charge is -2.29. The Hall–Kier alpha value is -3.88. The van der Waals surface area contributed by atoms with E-state index in [9.17, 15) is 9.59 Å². The lowest BCUT2D eigenvalue weighted by molar-refractivity contribution is -0.140. The Morgan fingerprint density at radius 1 is 0.906 bits per heavy atom. The van der Waals surface area contributed by atoms with Gasteiger partial charge in [0.15, 0.2) is 11.5 Å². The van der Waals surface area contributed by atoms with Gasteiger partial charge in [-0.15, -0.1) is 0 Å². The number of amides is 2. The van der Waals surface area contributed by atoms with E-state index < -0.39 is 18.0 Å². The second-order valence-electron chi connectivity index (χ2n) is 6.94. The Labute approximate surface area is 186 Å². The first-order valence-electron chi connectivity index (χ1n) is 9.80. The van der Waals surface area contributed by atoms with Crippen molar-refractivity contribution in [3.05, 3.63) is 58.8 Å². The third-order valence-electron chi connectivity index (χ3n) is 5.06. The SMILES string of the molecule is COc1ccc(COC(=O)C2=C(C)NC(=O)NC2c2cc(OC)c(OC)cc2OC)cc1. The van der Waals surface area contributed by atoms with Crippen LogP contribution in [0.15, 0.2) is 47.7 Å². The van der Waals surface area contributed by atoms with E-state index in [1.807, 2.05) is 12.1 Å². The zero-order valence-corrected chi connectivity index (χ0v) is 18.6. The predicted octanol–water partition coefficient (Wildman–Crippen LogP) is 3.09. The molecule has 0 bridgehead atoms. The fraction of sp³-hybridized carbons (Fsp3) is 0.304. The number of allylic oxidation sites excluding steroid dienone is 1. The molecule has 2 aromatic carbocycles. The van der Waals surface area contributed by atoms with E-state index in [0.29, 0.717) is 34.3 Å². The largest absolute Gasteiger partial charge is 0.497 e. The minimum Gasteiger partial charge on any atom is -0.497 e. The number of ether oxygens (including phenoxy) is 5. The summed E-state index contributed by atoms with van der Waals surface area (Å²) in [6.07, 6.45) is 0. The van der Waals surface area contributed by atoms with Gasteiger partial charge in [0.25, 0.3) is 0 Å². The summed E-state index contributed by atoms with van der Waals surface area (Å²) >= 11 is 0. The summed E-state index contributed by atoms with van der Waals surface area (Å²) in [7, 11) is 6.08. The Balaban J connectivity index is 1.93. The monoisotopic (exact) mass is 442 g/mol. The van der Waals surface area contributed by atoms with E-state index in [4.69, 9.17) is 23.7 Å². The molecule has 9 heteroatoms. The van der Waals surface area contributed by atoms with Gasteiger partial charge in [-0.05, 0) is 30.7 Å². The molecule has 1 unspecified atom stereocenters. The van der Waals surface area contributed by atoms with E-state index in [0.717, 1.165) is 5.56 Å². The highest BCUT2D eigenvalue weighted by molar-refractivity contribution is 5.95. The molecule has 9 nitrogen and oxygen atoms in total. The minimum absolute atomic E-state index is 0.0589. The van der Waals surface area contributed by atoms with E-state index in [1.54, 1.807) is 38.3 Å². The molecule has 0 saturated heterocycles. The number of carbonyl (C=O) groups excluding carboxylic acids is 2.